The molecule has 2 heterocycles. The van der Waals surface area contributed by atoms with Gasteiger partial charge in [-0.05, 0) is 37.9 Å². The number of para-hydroxylation sites is 1. The van der Waals surface area contributed by atoms with Crippen LogP contribution in [0.1, 0.15) is 24.2 Å². The van der Waals surface area contributed by atoms with Crippen molar-refractivity contribution >= 4 is 11.0 Å². The van der Waals surface area contributed by atoms with E-state index >= 15 is 0 Å². The first-order valence-corrected chi connectivity index (χ1v) is 6.00. The van der Waals surface area contributed by atoms with Gasteiger partial charge < -0.3 is 10.3 Å². The minimum atomic E-state index is 0.612. The molecule has 0 radical (unpaired) electrons. The summed E-state index contributed by atoms with van der Waals surface area (Å²) in [7, 11) is 0. The molecule has 3 nitrogen and oxygen atoms in total. The number of fused-ring (bicyclic) bond motifs is 1. The van der Waals surface area contributed by atoms with Crippen LogP contribution in [0.5, 0.6) is 0 Å². The average Bonchev–Trinajstić information content (AvgIpc) is 2.88. The van der Waals surface area contributed by atoms with Gasteiger partial charge in [-0.2, -0.15) is 0 Å². The molecule has 0 spiro atoms. The van der Waals surface area contributed by atoms with Crippen molar-refractivity contribution < 1.29 is 0 Å². The lowest BCUT2D eigenvalue weighted by Gasteiger charge is -2.06. The summed E-state index contributed by atoms with van der Waals surface area (Å²) < 4.78 is 0. The number of aryl methyl sites for hydroxylation is 1. The van der Waals surface area contributed by atoms with E-state index in [2.05, 4.69) is 40.4 Å². The van der Waals surface area contributed by atoms with Crippen molar-refractivity contribution in [3.8, 4) is 0 Å². The summed E-state index contributed by atoms with van der Waals surface area (Å²) in [5, 5.41) is 3.50. The Morgan fingerprint density at radius 2 is 2.38 bits per heavy atom. The van der Waals surface area contributed by atoms with E-state index in [4.69, 9.17) is 0 Å². The Hall–Kier alpha value is -1.35. The largest absolute Gasteiger partial charge is 0.342 e. The zero-order valence-corrected chi connectivity index (χ0v) is 9.59. The van der Waals surface area contributed by atoms with Gasteiger partial charge in [-0.15, -0.1) is 0 Å². The molecule has 16 heavy (non-hydrogen) atoms. The van der Waals surface area contributed by atoms with Gasteiger partial charge in [-0.3, -0.25) is 0 Å². The highest BCUT2D eigenvalue weighted by Gasteiger charge is 2.16. The molecule has 1 aliphatic rings. The fraction of sp³-hybridized carbons (Fsp3) is 0.462. The molecule has 0 saturated carbocycles. The number of benzene rings is 1. The number of hydrogen-bond acceptors (Lipinski definition) is 2. The lowest BCUT2D eigenvalue weighted by molar-refractivity contribution is 0.589. The Morgan fingerprint density at radius 3 is 3.12 bits per heavy atom. The van der Waals surface area contributed by atoms with Crippen LogP contribution in [-0.2, 0) is 6.42 Å². The number of rotatable bonds is 2. The highest BCUT2D eigenvalue weighted by Crippen LogP contribution is 2.17. The first kappa shape index (κ1) is 9.85. The molecular formula is C13H17N3. The lowest BCUT2D eigenvalue weighted by atomic mass is 10.1. The fourth-order valence-electron chi connectivity index (χ4n) is 2.49. The van der Waals surface area contributed by atoms with E-state index in [9.17, 15) is 0 Å². The first-order chi connectivity index (χ1) is 7.83. The Morgan fingerprint density at radius 1 is 1.44 bits per heavy atom. The molecule has 1 saturated heterocycles. The third-order valence-corrected chi connectivity index (χ3v) is 3.37. The van der Waals surface area contributed by atoms with Crippen LogP contribution in [0.2, 0.25) is 0 Å². The van der Waals surface area contributed by atoms with Gasteiger partial charge in [-0.25, -0.2) is 4.98 Å². The average molecular weight is 215 g/mol. The molecule has 0 aliphatic carbocycles. The van der Waals surface area contributed by atoms with Crippen LogP contribution in [0.25, 0.3) is 11.0 Å². The van der Waals surface area contributed by atoms with Gasteiger partial charge in [0.25, 0.3) is 0 Å². The van der Waals surface area contributed by atoms with Crippen molar-refractivity contribution in [2.75, 3.05) is 6.54 Å². The summed E-state index contributed by atoms with van der Waals surface area (Å²) in [5.74, 6) is 1.11. The maximum atomic E-state index is 4.68. The molecule has 3 rings (SSSR count). The number of nitrogens with one attached hydrogen (secondary N) is 2. The van der Waals surface area contributed by atoms with Crippen LogP contribution in [0, 0.1) is 6.92 Å². The molecule has 1 fully saturated rings. The molecule has 2 aromatic rings. The number of aromatic amines is 1. The van der Waals surface area contributed by atoms with Gasteiger partial charge in [0, 0.05) is 12.5 Å². The number of hydrogen-bond donors (Lipinski definition) is 2. The van der Waals surface area contributed by atoms with Crippen LogP contribution < -0.4 is 5.32 Å². The second-order valence-corrected chi connectivity index (χ2v) is 4.65. The lowest BCUT2D eigenvalue weighted by Crippen LogP contribution is -2.24. The monoisotopic (exact) mass is 215 g/mol. The van der Waals surface area contributed by atoms with E-state index in [0.717, 1.165) is 29.8 Å². The van der Waals surface area contributed by atoms with Gasteiger partial charge in [0.05, 0.1) is 11.0 Å². The highest BCUT2D eigenvalue weighted by atomic mass is 15.0. The predicted molar refractivity (Wildman–Crippen MR) is 65.6 cm³/mol. The van der Waals surface area contributed by atoms with Gasteiger partial charge >= 0.3 is 0 Å². The Bertz CT molecular complexity index is 495. The van der Waals surface area contributed by atoms with Crippen LogP contribution in [0.3, 0.4) is 0 Å². The van der Waals surface area contributed by atoms with Crippen molar-refractivity contribution in [3.63, 3.8) is 0 Å². The van der Waals surface area contributed by atoms with Gasteiger partial charge in [0.1, 0.15) is 5.82 Å². The van der Waals surface area contributed by atoms with E-state index in [1.165, 1.54) is 18.4 Å². The number of nitrogens with zero attached hydrogens (tertiary/aromatic N) is 1. The molecule has 3 heteroatoms. The normalized spacial score (nSPS) is 20.7. The fourth-order valence-corrected chi connectivity index (χ4v) is 2.49. The molecule has 0 amide bonds. The third-order valence-electron chi connectivity index (χ3n) is 3.37. The third kappa shape index (κ3) is 1.71. The van der Waals surface area contributed by atoms with Gasteiger partial charge in [0.2, 0.25) is 0 Å². The molecule has 1 unspecified atom stereocenters. The summed E-state index contributed by atoms with van der Waals surface area (Å²) >= 11 is 0. The van der Waals surface area contributed by atoms with Gasteiger partial charge in [-0.1, -0.05) is 12.1 Å². The summed E-state index contributed by atoms with van der Waals surface area (Å²) in [6, 6.07) is 6.90. The van der Waals surface area contributed by atoms with Gasteiger partial charge in [0.15, 0.2) is 0 Å². The molecule has 2 N–H and O–H groups in total. The molecular weight excluding hydrogens is 198 g/mol. The Labute approximate surface area is 95.3 Å². The maximum absolute atomic E-state index is 4.68. The standard InChI is InChI=1S/C13H17N3/c1-9-4-2-6-11-13(9)16-12(15-11)8-10-5-3-7-14-10/h2,4,6,10,14H,3,5,7-8H2,1H3,(H,15,16). The number of H-pyrrole nitrogens is 1. The first-order valence-electron chi connectivity index (χ1n) is 6.00. The summed E-state index contributed by atoms with van der Waals surface area (Å²) in [5.41, 5.74) is 3.53. The van der Waals surface area contributed by atoms with E-state index in [1.54, 1.807) is 0 Å². The SMILES string of the molecule is Cc1cccc2[nH]c(CC3CCCN3)nc12. The van der Waals surface area contributed by atoms with E-state index < -0.39 is 0 Å². The molecule has 1 aromatic heterocycles. The molecule has 84 valence electrons. The topological polar surface area (TPSA) is 40.7 Å². The predicted octanol–water partition coefficient (Wildman–Crippen LogP) is 2.17. The molecule has 1 aliphatic heterocycles. The smallest absolute Gasteiger partial charge is 0.108 e. The van der Waals surface area contributed by atoms with Crippen molar-refractivity contribution in [2.24, 2.45) is 0 Å². The van der Waals surface area contributed by atoms with Crippen molar-refractivity contribution in [2.45, 2.75) is 32.2 Å². The van der Waals surface area contributed by atoms with E-state index in [0.29, 0.717) is 6.04 Å². The second kappa shape index (κ2) is 3.91. The van der Waals surface area contributed by atoms with Crippen molar-refractivity contribution in [1.82, 2.24) is 15.3 Å². The van der Waals surface area contributed by atoms with E-state index in [-0.39, 0.29) is 0 Å². The van der Waals surface area contributed by atoms with Crippen molar-refractivity contribution in [3.05, 3.63) is 29.6 Å². The number of imidazole rings is 1. The number of aromatic nitrogens is 2. The summed E-state index contributed by atoms with van der Waals surface area (Å²) in [4.78, 5) is 8.09. The van der Waals surface area contributed by atoms with E-state index in [1.807, 2.05) is 0 Å². The minimum absolute atomic E-state index is 0.612. The highest BCUT2D eigenvalue weighted by molar-refractivity contribution is 5.78. The van der Waals surface area contributed by atoms with Crippen LogP contribution in [0.15, 0.2) is 18.2 Å². The zero-order valence-electron chi connectivity index (χ0n) is 9.59. The van der Waals surface area contributed by atoms with Crippen LogP contribution >= 0.6 is 0 Å². The summed E-state index contributed by atoms with van der Waals surface area (Å²) in [6.45, 7) is 3.27. The maximum Gasteiger partial charge on any atom is 0.108 e. The Balaban J connectivity index is 1.90. The molecule has 1 aromatic carbocycles. The molecule has 0 bridgehead atoms. The minimum Gasteiger partial charge on any atom is -0.342 e. The second-order valence-electron chi connectivity index (χ2n) is 4.65. The van der Waals surface area contributed by atoms with Crippen LogP contribution in [-0.4, -0.2) is 22.6 Å². The summed E-state index contributed by atoms with van der Waals surface area (Å²) in [6.07, 6.45) is 3.59. The molecule has 1 atom stereocenters. The quantitative estimate of drug-likeness (QED) is 0.806. The van der Waals surface area contributed by atoms with Crippen molar-refractivity contribution in [1.29, 1.82) is 0 Å². The zero-order chi connectivity index (χ0) is 11.0. The Kier molecular flexibility index (Phi) is 2.40. The van der Waals surface area contributed by atoms with Crippen LogP contribution in [0.4, 0.5) is 0 Å².